The molecule has 0 aromatic rings. The van der Waals surface area contributed by atoms with E-state index in [1.54, 1.807) is 14.0 Å². The van der Waals surface area contributed by atoms with Crippen molar-refractivity contribution in [2.45, 2.75) is 226 Å². The number of carbonyl (C=O) groups is 7. The van der Waals surface area contributed by atoms with E-state index < -0.39 is 29.9 Å². The number of amides is 1. The van der Waals surface area contributed by atoms with Crippen LogP contribution in [-0.2, 0) is 43.0 Å². The molecule has 0 spiro atoms. The minimum Gasteiger partial charge on any atom is -0.480 e. The van der Waals surface area contributed by atoms with Gasteiger partial charge >= 0.3 is 17.9 Å². The summed E-state index contributed by atoms with van der Waals surface area (Å²) in [5, 5.41) is 14.7. The van der Waals surface area contributed by atoms with E-state index >= 15 is 0 Å². The highest BCUT2D eigenvalue weighted by Gasteiger charge is 2.25. The SMILES string of the molecule is CNC(CCCCCC(=O)CCCCCCCCC(=O)CC(CC(C)C)C(=O)OCCCCCCOC(=O)C(CC(C)C)NC(=O)CCCCCCCCC(C)=O)C(=O)O. The van der Waals surface area contributed by atoms with Gasteiger partial charge < -0.3 is 30.0 Å². The summed E-state index contributed by atoms with van der Waals surface area (Å²) in [6, 6.07) is -1.18. The Balaban J connectivity index is 4.18. The Bertz CT molecular complexity index is 1200. The predicted octanol–water partition coefficient (Wildman–Crippen LogP) is 9.81. The van der Waals surface area contributed by atoms with Gasteiger partial charge in [-0.25, -0.2) is 4.79 Å². The number of nitrogens with one attached hydrogen (secondary N) is 2. The highest BCUT2D eigenvalue weighted by molar-refractivity contribution is 5.85. The lowest BCUT2D eigenvalue weighted by Crippen LogP contribution is -2.42. The highest BCUT2D eigenvalue weighted by Crippen LogP contribution is 2.20. The van der Waals surface area contributed by atoms with Crippen LogP contribution in [0.5, 0.6) is 0 Å². The number of hydrogen-bond donors (Lipinski definition) is 3. The first kappa shape index (κ1) is 56.9. The van der Waals surface area contributed by atoms with Crippen molar-refractivity contribution in [3.8, 4) is 0 Å². The molecule has 0 aliphatic carbocycles. The van der Waals surface area contributed by atoms with E-state index in [1.807, 2.05) is 27.7 Å². The van der Waals surface area contributed by atoms with Crippen molar-refractivity contribution in [1.82, 2.24) is 10.6 Å². The molecule has 60 heavy (non-hydrogen) atoms. The van der Waals surface area contributed by atoms with Crippen LogP contribution in [0.4, 0.5) is 0 Å². The van der Waals surface area contributed by atoms with Gasteiger partial charge in [-0.1, -0.05) is 91.9 Å². The fourth-order valence-electron chi connectivity index (χ4n) is 7.36. The maximum absolute atomic E-state index is 12.9. The molecule has 12 nitrogen and oxygen atoms in total. The maximum Gasteiger partial charge on any atom is 0.328 e. The second-order valence-corrected chi connectivity index (χ2v) is 17.8. The molecule has 12 heteroatoms. The molecular formula is C48H86N2O10. The molecule has 0 aliphatic rings. The van der Waals surface area contributed by atoms with Gasteiger partial charge in [-0.15, -0.1) is 0 Å². The summed E-state index contributed by atoms with van der Waals surface area (Å²) in [6.07, 6.45) is 21.4. The maximum atomic E-state index is 12.9. The molecule has 0 saturated heterocycles. The summed E-state index contributed by atoms with van der Waals surface area (Å²) in [7, 11) is 1.65. The largest absolute Gasteiger partial charge is 0.480 e. The third-order valence-corrected chi connectivity index (χ3v) is 10.9. The van der Waals surface area contributed by atoms with Crippen molar-refractivity contribution in [3.63, 3.8) is 0 Å². The Hall–Kier alpha value is -3.15. The van der Waals surface area contributed by atoms with Crippen molar-refractivity contribution < 1.29 is 48.1 Å². The van der Waals surface area contributed by atoms with Crippen LogP contribution in [0.15, 0.2) is 0 Å². The normalized spacial score (nSPS) is 12.9. The zero-order valence-corrected chi connectivity index (χ0v) is 38.7. The molecule has 3 unspecified atom stereocenters. The van der Waals surface area contributed by atoms with E-state index in [1.165, 1.54) is 0 Å². The van der Waals surface area contributed by atoms with Crippen LogP contribution < -0.4 is 10.6 Å². The fraction of sp³-hybridized carbons (Fsp3) is 0.854. The average Bonchev–Trinajstić information content (AvgIpc) is 3.17. The van der Waals surface area contributed by atoms with Crippen molar-refractivity contribution in [3.05, 3.63) is 0 Å². The second kappa shape index (κ2) is 37.6. The van der Waals surface area contributed by atoms with Crippen molar-refractivity contribution >= 4 is 41.2 Å². The number of aliphatic carboxylic acids is 1. The lowest BCUT2D eigenvalue weighted by atomic mass is 9.91. The predicted molar refractivity (Wildman–Crippen MR) is 237 cm³/mol. The van der Waals surface area contributed by atoms with Crippen LogP contribution in [0.3, 0.4) is 0 Å². The second-order valence-electron chi connectivity index (χ2n) is 17.8. The van der Waals surface area contributed by atoms with Gasteiger partial charge in [0.25, 0.3) is 0 Å². The van der Waals surface area contributed by atoms with Crippen LogP contribution in [0.1, 0.15) is 214 Å². The summed E-state index contributed by atoms with van der Waals surface area (Å²) in [6.45, 7) is 10.3. The Morgan fingerprint density at radius 2 is 0.933 bits per heavy atom. The summed E-state index contributed by atoms with van der Waals surface area (Å²) in [5.74, 6) is -1.02. The highest BCUT2D eigenvalue weighted by atomic mass is 16.5. The van der Waals surface area contributed by atoms with E-state index in [4.69, 9.17) is 14.6 Å². The standard InChI is InChI=1S/C48H86N2O10/c1-37(2)34-40(36-42(53)29-20-13-9-8-12-19-27-41(52)28-21-17-22-30-43(49-6)46(55)56)47(57)59-32-24-15-16-25-33-60-48(58)44(35-38(3)4)50-45(54)31-23-14-10-7-11-18-26-39(5)51/h37-38,40,43-44,49H,7-36H2,1-6H3,(H,50,54)(H,55,56). The van der Waals surface area contributed by atoms with Crippen molar-refractivity contribution in [1.29, 1.82) is 0 Å². The molecule has 3 N–H and O–H groups in total. The molecule has 1 amide bonds. The first-order valence-corrected chi connectivity index (χ1v) is 23.7. The number of likely N-dealkylation sites (N-methyl/N-ethyl adjacent to an activating group) is 1. The number of carboxylic acid groups (broad SMARTS) is 1. The molecule has 348 valence electrons. The van der Waals surface area contributed by atoms with Gasteiger partial charge in [0.05, 0.1) is 19.1 Å². The third-order valence-electron chi connectivity index (χ3n) is 10.9. The molecular weight excluding hydrogens is 765 g/mol. The number of esters is 2. The number of ketones is 3. The number of carbonyl (C=O) groups excluding carboxylic acids is 6. The minimum absolute atomic E-state index is 0.0991. The number of rotatable bonds is 42. The zero-order valence-electron chi connectivity index (χ0n) is 38.7. The summed E-state index contributed by atoms with van der Waals surface area (Å²) < 4.78 is 11.1. The van der Waals surface area contributed by atoms with Crippen LogP contribution in [0.2, 0.25) is 0 Å². The average molecular weight is 851 g/mol. The monoisotopic (exact) mass is 851 g/mol. The summed E-state index contributed by atoms with van der Waals surface area (Å²) in [4.78, 5) is 85.3. The van der Waals surface area contributed by atoms with Gasteiger partial charge in [0.2, 0.25) is 5.91 Å². The molecule has 0 aromatic carbocycles. The van der Waals surface area contributed by atoms with Gasteiger partial charge in [0.1, 0.15) is 29.4 Å². The van der Waals surface area contributed by atoms with Crippen LogP contribution in [0, 0.1) is 17.8 Å². The first-order valence-electron chi connectivity index (χ1n) is 23.7. The van der Waals surface area contributed by atoms with Crippen molar-refractivity contribution in [2.24, 2.45) is 17.8 Å². The number of Topliss-reactive ketones (excluding diaryl/α,β-unsaturated/α-hetero) is 3. The van der Waals surface area contributed by atoms with Gasteiger partial charge in [-0.2, -0.15) is 0 Å². The van der Waals surface area contributed by atoms with Gasteiger partial charge in [0.15, 0.2) is 0 Å². The smallest absolute Gasteiger partial charge is 0.328 e. The number of carboxylic acids is 1. The molecule has 0 radical (unpaired) electrons. The zero-order chi connectivity index (χ0) is 45.0. The minimum atomic E-state index is -0.839. The van der Waals surface area contributed by atoms with Crippen LogP contribution in [0.25, 0.3) is 0 Å². The van der Waals surface area contributed by atoms with E-state index in [0.29, 0.717) is 70.8 Å². The molecule has 0 rings (SSSR count). The quantitative estimate of drug-likeness (QED) is 0.0393. The van der Waals surface area contributed by atoms with Crippen LogP contribution in [-0.4, -0.2) is 78.6 Å². The van der Waals surface area contributed by atoms with E-state index in [0.717, 1.165) is 109 Å². The van der Waals surface area contributed by atoms with Gasteiger partial charge in [0, 0.05) is 38.5 Å². The molecule has 0 aromatic heterocycles. The molecule has 0 bridgehead atoms. The fourth-order valence-corrected chi connectivity index (χ4v) is 7.36. The molecule has 3 atom stereocenters. The molecule has 0 fully saturated rings. The van der Waals surface area contributed by atoms with Crippen LogP contribution >= 0.6 is 0 Å². The summed E-state index contributed by atoms with van der Waals surface area (Å²) in [5.41, 5.74) is 0. The number of unbranched alkanes of at least 4 members (excludes halogenated alkanes) is 15. The molecule has 0 saturated carbocycles. The Labute approximate surface area is 363 Å². The molecule has 0 heterocycles. The number of ether oxygens (including phenoxy) is 2. The van der Waals surface area contributed by atoms with Gasteiger partial charge in [-0.05, 0) is 103 Å². The Morgan fingerprint density at radius 1 is 0.500 bits per heavy atom. The van der Waals surface area contributed by atoms with E-state index in [-0.39, 0.29) is 54.1 Å². The number of hydrogen-bond acceptors (Lipinski definition) is 10. The molecule has 0 aliphatic heterocycles. The Morgan fingerprint density at radius 3 is 1.42 bits per heavy atom. The van der Waals surface area contributed by atoms with Crippen molar-refractivity contribution in [2.75, 3.05) is 20.3 Å². The lowest BCUT2D eigenvalue weighted by Gasteiger charge is -2.19. The third kappa shape index (κ3) is 34.6. The lowest BCUT2D eigenvalue weighted by molar-refractivity contribution is -0.151. The summed E-state index contributed by atoms with van der Waals surface area (Å²) >= 11 is 0. The van der Waals surface area contributed by atoms with E-state index in [2.05, 4.69) is 10.6 Å². The Kier molecular flexibility index (Phi) is 35.6. The first-order chi connectivity index (χ1) is 28.7. The topological polar surface area (TPSA) is 182 Å². The van der Waals surface area contributed by atoms with Gasteiger partial charge in [-0.3, -0.25) is 24.0 Å². The van der Waals surface area contributed by atoms with E-state index in [9.17, 15) is 33.6 Å².